The van der Waals surface area contributed by atoms with Crippen molar-refractivity contribution in [3.05, 3.63) is 23.5 Å². The number of piperazine rings is 1. The van der Waals surface area contributed by atoms with E-state index in [9.17, 15) is 9.59 Å². The molecule has 2 heterocycles. The van der Waals surface area contributed by atoms with Crippen molar-refractivity contribution in [1.82, 2.24) is 15.2 Å². The number of imide groups is 1. The predicted octanol–water partition coefficient (Wildman–Crippen LogP) is 0.246. The smallest absolute Gasteiger partial charge is 0.246 e. The molecule has 1 aliphatic rings. The zero-order valence-corrected chi connectivity index (χ0v) is 11.3. The first kappa shape index (κ1) is 13.5. The number of aromatic nitrogens is 1. The highest BCUT2D eigenvalue weighted by Crippen LogP contribution is 2.16. The van der Waals surface area contributed by atoms with E-state index in [1.807, 2.05) is 6.92 Å². The molecule has 1 atom stereocenters. The van der Waals surface area contributed by atoms with Crippen LogP contribution in [0.25, 0.3) is 0 Å². The number of methoxy groups -OCH3 is 1. The van der Waals surface area contributed by atoms with E-state index < -0.39 is 0 Å². The highest BCUT2D eigenvalue weighted by molar-refractivity contribution is 6.00. The molecule has 1 N–H and O–H groups in total. The second kappa shape index (κ2) is 5.36. The molecule has 19 heavy (non-hydrogen) atoms. The highest BCUT2D eigenvalue weighted by atomic mass is 16.5. The molecule has 6 nitrogen and oxygen atoms in total. The van der Waals surface area contributed by atoms with Crippen molar-refractivity contribution in [2.45, 2.75) is 26.4 Å². The van der Waals surface area contributed by atoms with Gasteiger partial charge in [-0.2, -0.15) is 0 Å². The topological polar surface area (TPSA) is 71.5 Å². The summed E-state index contributed by atoms with van der Waals surface area (Å²) in [5.41, 5.74) is 1.44. The molecule has 1 fully saturated rings. The molecule has 102 valence electrons. The van der Waals surface area contributed by atoms with Gasteiger partial charge in [0.1, 0.15) is 5.75 Å². The number of aryl methyl sites for hydroxylation is 1. The molecule has 0 bridgehead atoms. The lowest BCUT2D eigenvalue weighted by molar-refractivity contribution is -0.149. The Morgan fingerprint density at radius 2 is 2.21 bits per heavy atom. The van der Waals surface area contributed by atoms with Crippen molar-refractivity contribution in [2.75, 3.05) is 13.7 Å². The van der Waals surface area contributed by atoms with Gasteiger partial charge in [-0.1, -0.05) is 0 Å². The van der Waals surface area contributed by atoms with E-state index in [4.69, 9.17) is 4.74 Å². The second-order valence-corrected chi connectivity index (χ2v) is 4.56. The Labute approximate surface area is 111 Å². The number of carbonyl (C=O) groups is 2. The summed E-state index contributed by atoms with van der Waals surface area (Å²) in [5.74, 6) is 0.217. The van der Waals surface area contributed by atoms with Gasteiger partial charge in [-0.05, 0) is 13.8 Å². The minimum Gasteiger partial charge on any atom is -0.497 e. The number of pyridine rings is 1. The number of ether oxygens (including phenoxy) is 1. The van der Waals surface area contributed by atoms with Gasteiger partial charge in [-0.25, -0.2) is 0 Å². The zero-order valence-electron chi connectivity index (χ0n) is 11.3. The Hall–Kier alpha value is -1.95. The SMILES string of the molecule is COc1cc(C)nc(CN2C(=O)CNC(C)C2=O)c1. The summed E-state index contributed by atoms with van der Waals surface area (Å²) in [7, 11) is 1.57. The van der Waals surface area contributed by atoms with Gasteiger partial charge in [0.25, 0.3) is 0 Å². The highest BCUT2D eigenvalue weighted by Gasteiger charge is 2.31. The molecule has 2 rings (SSSR count). The number of nitrogens with one attached hydrogen (secondary N) is 1. The lowest BCUT2D eigenvalue weighted by atomic mass is 10.2. The summed E-state index contributed by atoms with van der Waals surface area (Å²) < 4.78 is 5.16. The van der Waals surface area contributed by atoms with E-state index in [2.05, 4.69) is 10.3 Å². The van der Waals surface area contributed by atoms with Gasteiger partial charge in [0.15, 0.2) is 0 Å². The molecule has 0 aliphatic carbocycles. The normalized spacial score (nSPS) is 19.7. The van der Waals surface area contributed by atoms with Crippen LogP contribution < -0.4 is 10.1 Å². The Kier molecular flexibility index (Phi) is 3.80. The molecule has 0 radical (unpaired) electrons. The lowest BCUT2D eigenvalue weighted by Gasteiger charge is -2.29. The number of amides is 2. The number of hydrogen-bond acceptors (Lipinski definition) is 5. The van der Waals surface area contributed by atoms with Crippen LogP contribution in [0.4, 0.5) is 0 Å². The fraction of sp³-hybridized carbons (Fsp3) is 0.462. The maximum absolute atomic E-state index is 12.0. The van der Waals surface area contributed by atoms with Crippen LogP contribution >= 0.6 is 0 Å². The van der Waals surface area contributed by atoms with Crippen molar-refractivity contribution in [3.8, 4) is 5.75 Å². The number of carbonyl (C=O) groups excluding carboxylic acids is 2. The Balaban J connectivity index is 2.22. The molecule has 1 saturated heterocycles. The summed E-state index contributed by atoms with van der Waals surface area (Å²) in [6, 6.07) is 3.19. The number of rotatable bonds is 3. The quantitative estimate of drug-likeness (QED) is 0.791. The van der Waals surface area contributed by atoms with Crippen LogP contribution in [0.3, 0.4) is 0 Å². The van der Waals surface area contributed by atoms with E-state index >= 15 is 0 Å². The second-order valence-electron chi connectivity index (χ2n) is 4.56. The van der Waals surface area contributed by atoms with Crippen LogP contribution in [0.2, 0.25) is 0 Å². The first-order valence-electron chi connectivity index (χ1n) is 6.10. The molecular formula is C13H17N3O3. The molecule has 1 aromatic rings. The Morgan fingerprint density at radius 1 is 1.47 bits per heavy atom. The Morgan fingerprint density at radius 3 is 2.89 bits per heavy atom. The van der Waals surface area contributed by atoms with E-state index in [0.717, 1.165) is 5.69 Å². The van der Waals surface area contributed by atoms with Crippen LogP contribution in [0.1, 0.15) is 18.3 Å². The van der Waals surface area contributed by atoms with Crippen molar-refractivity contribution in [1.29, 1.82) is 0 Å². The maximum Gasteiger partial charge on any atom is 0.246 e. The van der Waals surface area contributed by atoms with Crippen molar-refractivity contribution in [2.24, 2.45) is 0 Å². The summed E-state index contributed by atoms with van der Waals surface area (Å²) in [4.78, 5) is 29.3. The molecule has 0 spiro atoms. The van der Waals surface area contributed by atoms with Crippen molar-refractivity contribution >= 4 is 11.8 Å². The van der Waals surface area contributed by atoms with E-state index in [-0.39, 0.29) is 30.9 Å². The largest absolute Gasteiger partial charge is 0.497 e. The number of hydrogen-bond donors (Lipinski definition) is 1. The molecule has 1 aromatic heterocycles. The monoisotopic (exact) mass is 263 g/mol. The van der Waals surface area contributed by atoms with Gasteiger partial charge in [0.05, 0.1) is 31.9 Å². The van der Waals surface area contributed by atoms with E-state index in [1.165, 1.54) is 4.90 Å². The van der Waals surface area contributed by atoms with E-state index in [0.29, 0.717) is 11.4 Å². The summed E-state index contributed by atoms with van der Waals surface area (Å²) in [6.07, 6.45) is 0. The minimum absolute atomic E-state index is 0.176. The number of nitrogens with zero attached hydrogens (tertiary/aromatic N) is 2. The molecule has 0 aromatic carbocycles. The predicted molar refractivity (Wildman–Crippen MR) is 68.5 cm³/mol. The summed E-state index contributed by atoms with van der Waals surface area (Å²) in [5, 5.41) is 2.85. The van der Waals surface area contributed by atoms with Crippen LogP contribution in [0, 0.1) is 6.92 Å². The lowest BCUT2D eigenvalue weighted by Crippen LogP contribution is -2.56. The standard InChI is InChI=1S/C13H17N3O3/c1-8-4-11(19-3)5-10(15-8)7-16-12(17)6-14-9(2)13(16)18/h4-5,9,14H,6-7H2,1-3H3. The van der Waals surface area contributed by atoms with Gasteiger partial charge in [-0.15, -0.1) is 0 Å². The first-order valence-corrected chi connectivity index (χ1v) is 6.10. The minimum atomic E-state index is -0.343. The third-order valence-corrected chi connectivity index (χ3v) is 3.03. The maximum atomic E-state index is 12.0. The van der Waals surface area contributed by atoms with Crippen LogP contribution in [-0.4, -0.2) is 41.4 Å². The van der Waals surface area contributed by atoms with Crippen molar-refractivity contribution < 1.29 is 14.3 Å². The van der Waals surface area contributed by atoms with Crippen LogP contribution in [-0.2, 0) is 16.1 Å². The molecule has 1 aliphatic heterocycles. The average molecular weight is 263 g/mol. The Bertz CT molecular complexity index is 516. The first-order chi connectivity index (χ1) is 9.01. The van der Waals surface area contributed by atoms with Crippen LogP contribution in [0.5, 0.6) is 5.75 Å². The summed E-state index contributed by atoms with van der Waals surface area (Å²) >= 11 is 0. The third-order valence-electron chi connectivity index (χ3n) is 3.03. The third kappa shape index (κ3) is 2.90. The molecule has 2 amide bonds. The molecular weight excluding hydrogens is 246 g/mol. The van der Waals surface area contributed by atoms with Gasteiger partial charge < -0.3 is 4.74 Å². The average Bonchev–Trinajstić information content (AvgIpc) is 2.38. The molecule has 6 heteroatoms. The van der Waals surface area contributed by atoms with Gasteiger partial charge in [-0.3, -0.25) is 24.8 Å². The zero-order chi connectivity index (χ0) is 14.0. The van der Waals surface area contributed by atoms with Gasteiger partial charge in [0, 0.05) is 17.8 Å². The molecule has 1 unspecified atom stereocenters. The van der Waals surface area contributed by atoms with Crippen molar-refractivity contribution in [3.63, 3.8) is 0 Å². The van der Waals surface area contributed by atoms with Gasteiger partial charge in [0.2, 0.25) is 11.8 Å². The fourth-order valence-electron chi connectivity index (χ4n) is 2.01. The molecule has 0 saturated carbocycles. The fourth-order valence-corrected chi connectivity index (χ4v) is 2.01. The summed E-state index contributed by atoms with van der Waals surface area (Å²) in [6.45, 7) is 3.94. The van der Waals surface area contributed by atoms with E-state index in [1.54, 1.807) is 26.2 Å². The van der Waals surface area contributed by atoms with Crippen LogP contribution in [0.15, 0.2) is 12.1 Å². The van der Waals surface area contributed by atoms with Gasteiger partial charge >= 0.3 is 0 Å².